The minimum Gasteiger partial charge on any atom is -0.333 e. The number of aromatic nitrogens is 2. The molecule has 0 aliphatic heterocycles. The average molecular weight is 250 g/mol. The number of rotatable bonds is 4. The highest BCUT2D eigenvalue weighted by molar-refractivity contribution is 7.99. The number of imidazole rings is 1. The fourth-order valence-corrected chi connectivity index (χ4v) is 2.44. The summed E-state index contributed by atoms with van der Waals surface area (Å²) in [5.74, 6) is 1.59. The van der Waals surface area contributed by atoms with Crippen molar-refractivity contribution in [3.8, 4) is 0 Å². The first-order chi connectivity index (χ1) is 7.69. The van der Waals surface area contributed by atoms with E-state index in [1.807, 2.05) is 6.07 Å². The molecule has 2 rings (SSSR count). The normalized spacial score (nSPS) is 10.9. The molecule has 0 fully saturated rings. The third kappa shape index (κ3) is 2.62. The van der Waals surface area contributed by atoms with Crippen molar-refractivity contribution in [3.05, 3.63) is 35.9 Å². The van der Waals surface area contributed by atoms with Crippen LogP contribution in [0.25, 0.3) is 11.0 Å². The summed E-state index contributed by atoms with van der Waals surface area (Å²) in [6, 6.07) is 6.22. The van der Waals surface area contributed by atoms with Crippen molar-refractivity contribution in [2.24, 2.45) is 0 Å². The largest absolute Gasteiger partial charge is 0.333 e. The molecule has 1 aromatic heterocycles. The molecule has 2 nitrogen and oxygen atoms in total. The molecule has 0 unspecified atom stereocenters. The van der Waals surface area contributed by atoms with E-state index in [0.29, 0.717) is 0 Å². The molecule has 0 amide bonds. The SMILES string of the molecule is C=C(CS)CSc1nc2ccc(C)cc2[nH]1. The highest BCUT2D eigenvalue weighted by Gasteiger charge is 2.03. The monoisotopic (exact) mass is 250 g/mol. The second kappa shape index (κ2) is 4.97. The van der Waals surface area contributed by atoms with E-state index >= 15 is 0 Å². The van der Waals surface area contributed by atoms with Crippen molar-refractivity contribution in [1.29, 1.82) is 0 Å². The molecule has 0 spiro atoms. The molecule has 84 valence electrons. The van der Waals surface area contributed by atoms with Gasteiger partial charge < -0.3 is 4.98 Å². The van der Waals surface area contributed by atoms with Crippen molar-refractivity contribution < 1.29 is 0 Å². The van der Waals surface area contributed by atoms with Gasteiger partial charge in [0, 0.05) is 11.5 Å². The number of hydrogen-bond acceptors (Lipinski definition) is 3. The van der Waals surface area contributed by atoms with Crippen LogP contribution < -0.4 is 0 Å². The van der Waals surface area contributed by atoms with Crippen LogP contribution >= 0.6 is 24.4 Å². The van der Waals surface area contributed by atoms with E-state index in [9.17, 15) is 0 Å². The Bertz CT molecular complexity index is 517. The van der Waals surface area contributed by atoms with Gasteiger partial charge in [-0.1, -0.05) is 30.0 Å². The summed E-state index contributed by atoms with van der Waals surface area (Å²) in [4.78, 5) is 7.80. The van der Waals surface area contributed by atoms with Crippen LogP contribution in [0.5, 0.6) is 0 Å². The lowest BCUT2D eigenvalue weighted by Crippen LogP contribution is -1.87. The summed E-state index contributed by atoms with van der Waals surface area (Å²) in [5.41, 5.74) is 4.47. The number of nitrogens with zero attached hydrogens (tertiary/aromatic N) is 1. The molecule has 0 radical (unpaired) electrons. The summed E-state index contributed by atoms with van der Waals surface area (Å²) in [5, 5.41) is 0.948. The van der Waals surface area contributed by atoms with E-state index in [2.05, 4.69) is 48.2 Å². The number of thiol groups is 1. The topological polar surface area (TPSA) is 28.7 Å². The number of aromatic amines is 1. The van der Waals surface area contributed by atoms with Gasteiger partial charge in [0.2, 0.25) is 0 Å². The maximum atomic E-state index is 4.50. The molecule has 0 saturated heterocycles. The van der Waals surface area contributed by atoms with Gasteiger partial charge in [-0.3, -0.25) is 0 Å². The van der Waals surface area contributed by atoms with E-state index < -0.39 is 0 Å². The molecule has 1 N–H and O–H groups in total. The molecule has 0 saturated carbocycles. The lowest BCUT2D eigenvalue weighted by atomic mass is 10.2. The number of aryl methyl sites for hydroxylation is 1. The van der Waals surface area contributed by atoms with E-state index in [4.69, 9.17) is 0 Å². The lowest BCUT2D eigenvalue weighted by molar-refractivity contribution is 1.08. The van der Waals surface area contributed by atoms with Gasteiger partial charge in [-0.15, -0.1) is 0 Å². The quantitative estimate of drug-likeness (QED) is 0.494. The van der Waals surface area contributed by atoms with E-state index in [0.717, 1.165) is 33.3 Å². The van der Waals surface area contributed by atoms with Crippen LogP contribution in [-0.4, -0.2) is 21.5 Å². The van der Waals surface area contributed by atoms with E-state index in [1.165, 1.54) is 5.56 Å². The third-order valence-corrected chi connectivity index (χ3v) is 3.72. The Morgan fingerprint density at radius 1 is 1.56 bits per heavy atom. The van der Waals surface area contributed by atoms with Gasteiger partial charge in [0.15, 0.2) is 5.16 Å². The van der Waals surface area contributed by atoms with Crippen molar-refractivity contribution in [2.45, 2.75) is 12.1 Å². The maximum Gasteiger partial charge on any atom is 0.166 e. The molecule has 0 aliphatic rings. The molecule has 0 aliphatic carbocycles. The summed E-state index contributed by atoms with van der Waals surface area (Å²) in [7, 11) is 0. The summed E-state index contributed by atoms with van der Waals surface area (Å²) in [6.07, 6.45) is 0. The van der Waals surface area contributed by atoms with Crippen molar-refractivity contribution >= 4 is 35.4 Å². The number of fused-ring (bicyclic) bond motifs is 1. The predicted molar refractivity (Wildman–Crippen MR) is 74.5 cm³/mol. The number of nitrogens with one attached hydrogen (secondary N) is 1. The number of benzene rings is 1. The molecular formula is C12H14N2S2. The Labute approximate surface area is 105 Å². The fourth-order valence-electron chi connectivity index (χ4n) is 1.38. The van der Waals surface area contributed by atoms with Crippen LogP contribution in [0.1, 0.15) is 5.56 Å². The number of H-pyrrole nitrogens is 1. The van der Waals surface area contributed by atoms with Gasteiger partial charge in [-0.25, -0.2) is 4.98 Å². The second-order valence-corrected chi connectivity index (χ2v) is 5.04. The van der Waals surface area contributed by atoms with Crippen LogP contribution in [-0.2, 0) is 0 Å². The average Bonchev–Trinajstić information content (AvgIpc) is 2.67. The van der Waals surface area contributed by atoms with Crippen molar-refractivity contribution in [1.82, 2.24) is 9.97 Å². The Morgan fingerprint density at radius 3 is 3.12 bits per heavy atom. The molecule has 1 heterocycles. The Balaban J connectivity index is 2.16. The molecule has 4 heteroatoms. The van der Waals surface area contributed by atoms with Gasteiger partial charge in [-0.05, 0) is 24.6 Å². The zero-order valence-electron chi connectivity index (χ0n) is 9.16. The van der Waals surface area contributed by atoms with Gasteiger partial charge in [0.1, 0.15) is 0 Å². The first kappa shape index (κ1) is 11.6. The summed E-state index contributed by atoms with van der Waals surface area (Å²) in [6.45, 7) is 6.00. The first-order valence-corrected chi connectivity index (χ1v) is 6.67. The minimum absolute atomic E-state index is 0.729. The van der Waals surface area contributed by atoms with Crippen LogP contribution in [0.15, 0.2) is 35.5 Å². The van der Waals surface area contributed by atoms with Crippen molar-refractivity contribution in [2.75, 3.05) is 11.5 Å². The Kier molecular flexibility index (Phi) is 3.61. The smallest absolute Gasteiger partial charge is 0.166 e. The summed E-state index contributed by atoms with van der Waals surface area (Å²) >= 11 is 5.85. The molecular weight excluding hydrogens is 236 g/mol. The lowest BCUT2D eigenvalue weighted by Gasteiger charge is -1.97. The van der Waals surface area contributed by atoms with Gasteiger partial charge >= 0.3 is 0 Å². The third-order valence-electron chi connectivity index (χ3n) is 2.25. The van der Waals surface area contributed by atoms with Crippen LogP contribution in [0.3, 0.4) is 0 Å². The molecule has 1 aromatic carbocycles. The van der Waals surface area contributed by atoms with E-state index in [1.54, 1.807) is 11.8 Å². The van der Waals surface area contributed by atoms with Gasteiger partial charge in [0.25, 0.3) is 0 Å². The van der Waals surface area contributed by atoms with Crippen molar-refractivity contribution in [3.63, 3.8) is 0 Å². The zero-order chi connectivity index (χ0) is 11.5. The molecule has 16 heavy (non-hydrogen) atoms. The predicted octanol–water partition coefficient (Wildman–Crippen LogP) is 3.45. The minimum atomic E-state index is 0.729. The number of thioether (sulfide) groups is 1. The molecule has 2 aromatic rings. The molecule has 0 bridgehead atoms. The fraction of sp³-hybridized carbons (Fsp3) is 0.250. The van der Waals surface area contributed by atoms with Crippen LogP contribution in [0.4, 0.5) is 0 Å². The zero-order valence-corrected chi connectivity index (χ0v) is 10.9. The maximum absolute atomic E-state index is 4.50. The van der Waals surface area contributed by atoms with Gasteiger partial charge in [0.05, 0.1) is 11.0 Å². The van der Waals surface area contributed by atoms with Crippen LogP contribution in [0.2, 0.25) is 0 Å². The standard InChI is InChI=1S/C12H14N2S2/c1-8-3-4-10-11(5-8)14-12(13-10)16-7-9(2)6-15/h3-5,15H,2,6-7H2,1H3,(H,13,14). The Morgan fingerprint density at radius 2 is 2.38 bits per heavy atom. The highest BCUT2D eigenvalue weighted by atomic mass is 32.2. The molecule has 0 atom stereocenters. The number of hydrogen-bond donors (Lipinski definition) is 2. The highest BCUT2D eigenvalue weighted by Crippen LogP contribution is 2.21. The van der Waals surface area contributed by atoms with E-state index in [-0.39, 0.29) is 0 Å². The Hall–Kier alpha value is -0.870. The van der Waals surface area contributed by atoms with Gasteiger partial charge in [-0.2, -0.15) is 12.6 Å². The first-order valence-electron chi connectivity index (χ1n) is 5.05. The second-order valence-electron chi connectivity index (χ2n) is 3.76. The van der Waals surface area contributed by atoms with Crippen LogP contribution in [0, 0.1) is 6.92 Å². The summed E-state index contributed by atoms with van der Waals surface area (Å²) < 4.78 is 0.